The van der Waals surface area contributed by atoms with Gasteiger partial charge in [-0.15, -0.1) is 0 Å². The molecule has 162 valence electrons. The first-order valence-electron chi connectivity index (χ1n) is 10.8. The Balaban J connectivity index is 1.22. The van der Waals surface area contributed by atoms with Crippen molar-refractivity contribution >= 4 is 23.6 Å². The summed E-state index contributed by atoms with van der Waals surface area (Å²) >= 11 is 0. The Labute approximate surface area is 180 Å². The Morgan fingerprint density at radius 2 is 1.94 bits per heavy atom. The predicted octanol–water partition coefficient (Wildman–Crippen LogP) is 1.51. The summed E-state index contributed by atoms with van der Waals surface area (Å²) < 4.78 is 0. The van der Waals surface area contributed by atoms with Gasteiger partial charge in [0.05, 0.1) is 18.5 Å². The average Bonchev–Trinajstić information content (AvgIpc) is 3.49. The summed E-state index contributed by atoms with van der Waals surface area (Å²) in [5.74, 6) is 1.26. The normalized spacial score (nSPS) is 22.4. The molecule has 10 heteroatoms. The third-order valence-electron chi connectivity index (χ3n) is 6.15. The van der Waals surface area contributed by atoms with Crippen molar-refractivity contribution in [3.8, 4) is 0 Å². The second-order valence-corrected chi connectivity index (χ2v) is 8.06. The van der Waals surface area contributed by atoms with E-state index in [0.717, 1.165) is 18.5 Å². The molecule has 0 bridgehead atoms. The first kappa shape index (κ1) is 19.8. The van der Waals surface area contributed by atoms with E-state index in [-0.39, 0.29) is 23.8 Å². The first-order chi connectivity index (χ1) is 15.2. The van der Waals surface area contributed by atoms with Crippen LogP contribution in [0.4, 0.5) is 11.8 Å². The fraction of sp³-hybridized carbons (Fsp3) is 0.524. The maximum absolute atomic E-state index is 13.2. The molecule has 5 rings (SSSR count). The Hall–Kier alpha value is -3.14. The van der Waals surface area contributed by atoms with E-state index >= 15 is 0 Å². The minimum Gasteiger partial charge on any atom is -0.341 e. The Bertz CT molecular complexity index is 949. The lowest BCUT2D eigenvalue weighted by Crippen LogP contribution is -2.42. The molecule has 0 saturated carbocycles. The van der Waals surface area contributed by atoms with Gasteiger partial charge in [0.25, 0.3) is 0 Å². The molecule has 3 fully saturated rings. The van der Waals surface area contributed by atoms with Gasteiger partial charge in [-0.05, 0) is 25.3 Å². The van der Waals surface area contributed by atoms with Gasteiger partial charge < -0.3 is 4.90 Å². The Morgan fingerprint density at radius 3 is 2.68 bits per heavy atom. The topological polar surface area (TPSA) is 105 Å². The van der Waals surface area contributed by atoms with Crippen LogP contribution in [-0.2, 0) is 14.4 Å². The third kappa shape index (κ3) is 3.95. The monoisotopic (exact) mass is 423 g/mol. The second-order valence-electron chi connectivity index (χ2n) is 8.06. The van der Waals surface area contributed by atoms with Crippen LogP contribution in [0.15, 0.2) is 30.9 Å². The molecule has 3 aliphatic heterocycles. The van der Waals surface area contributed by atoms with Crippen LogP contribution in [0.1, 0.15) is 43.8 Å². The van der Waals surface area contributed by atoms with Crippen LogP contribution >= 0.6 is 0 Å². The number of hydrogen-bond acceptors (Lipinski definition) is 8. The van der Waals surface area contributed by atoms with Crippen molar-refractivity contribution in [3.63, 3.8) is 0 Å². The van der Waals surface area contributed by atoms with Gasteiger partial charge in [0, 0.05) is 57.0 Å². The molecule has 10 nitrogen and oxygen atoms in total. The number of carbonyl (C=O) groups excluding carboxylic acids is 2. The van der Waals surface area contributed by atoms with Crippen LogP contribution in [0.3, 0.4) is 0 Å². The van der Waals surface area contributed by atoms with E-state index in [2.05, 4.69) is 24.8 Å². The lowest BCUT2D eigenvalue weighted by molar-refractivity contribution is -0.182. The molecule has 2 aromatic rings. The van der Waals surface area contributed by atoms with Crippen molar-refractivity contribution in [1.82, 2.24) is 25.0 Å². The molecule has 5 heterocycles. The molecule has 2 aromatic heterocycles. The second kappa shape index (κ2) is 8.54. The van der Waals surface area contributed by atoms with Crippen LogP contribution in [-0.4, -0.2) is 63.1 Å². The Morgan fingerprint density at radius 1 is 1.06 bits per heavy atom. The summed E-state index contributed by atoms with van der Waals surface area (Å²) in [7, 11) is 0. The largest absolute Gasteiger partial charge is 0.341 e. The highest BCUT2D eigenvalue weighted by atomic mass is 16.7. The molecule has 3 aliphatic rings. The van der Waals surface area contributed by atoms with Crippen LogP contribution < -0.4 is 9.80 Å². The molecule has 0 N–H and O–H groups in total. The molecular weight excluding hydrogens is 398 g/mol. The van der Waals surface area contributed by atoms with Crippen molar-refractivity contribution in [3.05, 3.63) is 36.5 Å². The zero-order valence-corrected chi connectivity index (χ0v) is 17.3. The molecule has 0 aromatic carbocycles. The maximum Gasteiger partial charge on any atom is 0.250 e. The molecular formula is C21H25N7O3. The van der Waals surface area contributed by atoms with E-state index in [1.807, 2.05) is 0 Å². The molecule has 1 atom stereocenters. The van der Waals surface area contributed by atoms with Gasteiger partial charge in [0.1, 0.15) is 11.9 Å². The van der Waals surface area contributed by atoms with Crippen molar-refractivity contribution in [2.75, 3.05) is 36.0 Å². The van der Waals surface area contributed by atoms with E-state index in [1.54, 1.807) is 35.8 Å². The van der Waals surface area contributed by atoms with Crippen molar-refractivity contribution in [2.45, 2.75) is 38.1 Å². The van der Waals surface area contributed by atoms with E-state index in [1.165, 1.54) is 5.06 Å². The number of carbonyl (C=O) groups is 2. The smallest absolute Gasteiger partial charge is 0.250 e. The highest BCUT2D eigenvalue weighted by molar-refractivity contribution is 5.94. The van der Waals surface area contributed by atoms with E-state index in [4.69, 9.17) is 4.84 Å². The zero-order chi connectivity index (χ0) is 21.2. The summed E-state index contributed by atoms with van der Waals surface area (Å²) in [6, 6.07) is 1.59. The van der Waals surface area contributed by atoms with Crippen LogP contribution in [0, 0.1) is 5.92 Å². The number of aromatic nitrogens is 4. The number of piperidine rings is 1. The van der Waals surface area contributed by atoms with Crippen LogP contribution in [0.25, 0.3) is 0 Å². The molecule has 0 aliphatic carbocycles. The lowest BCUT2D eigenvalue weighted by Gasteiger charge is -2.34. The number of amides is 2. The fourth-order valence-corrected chi connectivity index (χ4v) is 4.48. The molecule has 2 amide bonds. The molecule has 0 radical (unpaired) electrons. The number of anilines is 2. The minimum absolute atomic E-state index is 0.00476. The van der Waals surface area contributed by atoms with Gasteiger partial charge in [0.2, 0.25) is 17.8 Å². The van der Waals surface area contributed by atoms with E-state index in [9.17, 15) is 9.59 Å². The maximum atomic E-state index is 13.2. The van der Waals surface area contributed by atoms with Gasteiger partial charge >= 0.3 is 0 Å². The summed E-state index contributed by atoms with van der Waals surface area (Å²) in [6.45, 7) is 2.56. The summed E-state index contributed by atoms with van der Waals surface area (Å²) in [4.78, 5) is 52.1. The lowest BCUT2D eigenvalue weighted by atomic mass is 9.95. The number of hydrogen-bond donors (Lipinski definition) is 0. The van der Waals surface area contributed by atoms with Crippen molar-refractivity contribution < 1.29 is 14.4 Å². The van der Waals surface area contributed by atoms with Gasteiger partial charge in [0.15, 0.2) is 0 Å². The standard InChI is InChI=1S/C21H25N7O3/c29-19-2-1-10-27(19)18-3-7-24-21(25-18)26-11-4-15(5-12-26)20(30)28-17(6-13-31-28)16-14-22-8-9-23-16/h3,7-9,14-15,17H,1-2,4-6,10-13H2/t17-/m0/s1. The van der Waals surface area contributed by atoms with Gasteiger partial charge in [-0.25, -0.2) is 10.0 Å². The highest BCUT2D eigenvalue weighted by Crippen LogP contribution is 2.32. The van der Waals surface area contributed by atoms with E-state index < -0.39 is 0 Å². The first-order valence-corrected chi connectivity index (χ1v) is 10.8. The van der Waals surface area contributed by atoms with Gasteiger partial charge in [-0.2, -0.15) is 4.98 Å². The molecule has 3 saturated heterocycles. The third-order valence-corrected chi connectivity index (χ3v) is 6.15. The molecule has 0 unspecified atom stereocenters. The van der Waals surface area contributed by atoms with Crippen LogP contribution in [0.5, 0.6) is 0 Å². The SMILES string of the molecule is O=C1CCCN1c1ccnc(N2CCC(C(=O)N3OCC[C@H]3c3cnccn3)CC2)n1. The highest BCUT2D eigenvalue weighted by Gasteiger charge is 2.38. The van der Waals surface area contributed by atoms with Gasteiger partial charge in [-0.1, -0.05) is 0 Å². The quantitative estimate of drug-likeness (QED) is 0.729. The average molecular weight is 423 g/mol. The van der Waals surface area contributed by atoms with E-state index in [0.29, 0.717) is 57.3 Å². The van der Waals surface area contributed by atoms with Crippen LogP contribution in [0.2, 0.25) is 0 Å². The van der Waals surface area contributed by atoms with Gasteiger partial charge in [-0.3, -0.25) is 29.3 Å². The molecule has 0 spiro atoms. The number of rotatable bonds is 4. The summed E-state index contributed by atoms with van der Waals surface area (Å²) in [6.07, 6.45) is 10.2. The molecule has 31 heavy (non-hydrogen) atoms. The zero-order valence-electron chi connectivity index (χ0n) is 17.3. The summed E-state index contributed by atoms with van der Waals surface area (Å²) in [5, 5.41) is 1.50. The van der Waals surface area contributed by atoms with Crippen molar-refractivity contribution in [1.29, 1.82) is 0 Å². The summed E-state index contributed by atoms with van der Waals surface area (Å²) in [5.41, 5.74) is 0.757. The minimum atomic E-state index is -0.183. The Kier molecular flexibility index (Phi) is 5.46. The number of nitrogens with zero attached hydrogens (tertiary/aromatic N) is 7. The predicted molar refractivity (Wildman–Crippen MR) is 111 cm³/mol. The van der Waals surface area contributed by atoms with Crippen molar-refractivity contribution in [2.24, 2.45) is 5.92 Å². The fourth-order valence-electron chi connectivity index (χ4n) is 4.48. The number of hydroxylamine groups is 2.